The molecule has 0 N–H and O–H groups in total. The average Bonchev–Trinajstić information content (AvgIpc) is 2.97. The van der Waals surface area contributed by atoms with Gasteiger partial charge in [0.25, 0.3) is 0 Å². The number of allylic oxidation sites excluding steroid dienone is 2. The van der Waals surface area contributed by atoms with Crippen LogP contribution < -0.4 is 0 Å². The predicted molar refractivity (Wildman–Crippen MR) is 96.7 cm³/mol. The second-order valence-corrected chi connectivity index (χ2v) is 7.68. The van der Waals surface area contributed by atoms with Crippen LogP contribution >= 0.6 is 11.3 Å². The summed E-state index contributed by atoms with van der Waals surface area (Å²) >= 11 is 1.05. The zero-order valence-electron chi connectivity index (χ0n) is 14.7. The van der Waals surface area contributed by atoms with Gasteiger partial charge in [-0.3, -0.25) is 0 Å². The van der Waals surface area contributed by atoms with E-state index in [4.69, 9.17) is 5.26 Å². The second kappa shape index (κ2) is 6.52. The van der Waals surface area contributed by atoms with E-state index in [0.29, 0.717) is 10.4 Å². The van der Waals surface area contributed by atoms with Gasteiger partial charge in [0, 0.05) is 27.0 Å². The van der Waals surface area contributed by atoms with Gasteiger partial charge in [0.2, 0.25) is 0 Å². The van der Waals surface area contributed by atoms with Crippen LogP contribution in [0.25, 0.3) is 17.7 Å². The number of nitriles is 1. The lowest BCUT2D eigenvalue weighted by atomic mass is 9.97. The third kappa shape index (κ3) is 2.94. The van der Waals surface area contributed by atoms with Crippen molar-refractivity contribution in [3.8, 4) is 6.07 Å². The van der Waals surface area contributed by atoms with Crippen LogP contribution in [0.4, 0.5) is 26.3 Å². The summed E-state index contributed by atoms with van der Waals surface area (Å²) in [5, 5.41) is 8.79. The molecule has 28 heavy (non-hydrogen) atoms. The lowest BCUT2D eigenvalue weighted by molar-refractivity contribution is -0.257. The first-order chi connectivity index (χ1) is 12.9. The average molecular weight is 413 g/mol. The van der Waals surface area contributed by atoms with E-state index in [9.17, 15) is 26.3 Å². The fourth-order valence-electron chi connectivity index (χ4n) is 3.04. The molecule has 1 aliphatic rings. The molecule has 1 aliphatic carbocycles. The first kappa shape index (κ1) is 20.2. The molecule has 1 aromatic heterocycles. The molecule has 0 bridgehead atoms. The zero-order chi connectivity index (χ0) is 20.9. The molecular weight excluding hydrogens is 400 g/mol. The van der Waals surface area contributed by atoms with Gasteiger partial charge >= 0.3 is 17.8 Å². The van der Waals surface area contributed by atoms with Crippen LogP contribution in [-0.2, 0) is 0 Å². The monoisotopic (exact) mass is 413 g/mol. The Kier molecular flexibility index (Phi) is 4.71. The molecule has 0 spiro atoms. The molecule has 0 unspecified atom stereocenters. The minimum absolute atomic E-state index is 0.229. The second-order valence-electron chi connectivity index (χ2n) is 6.42. The molecule has 1 aromatic carbocycles. The van der Waals surface area contributed by atoms with E-state index in [-0.39, 0.29) is 22.1 Å². The van der Waals surface area contributed by atoms with Gasteiger partial charge in [0.15, 0.2) is 0 Å². The third-order valence-electron chi connectivity index (χ3n) is 4.57. The molecule has 0 radical (unpaired) electrons. The quantitative estimate of drug-likeness (QED) is 0.513. The van der Waals surface area contributed by atoms with Gasteiger partial charge in [-0.05, 0) is 43.2 Å². The number of thiophene rings is 1. The van der Waals surface area contributed by atoms with E-state index < -0.39 is 23.3 Å². The number of hydrogen-bond acceptors (Lipinski definition) is 2. The highest BCUT2D eigenvalue weighted by Gasteiger charge is 2.77. The molecule has 1 heterocycles. The molecule has 3 rings (SSSR count). The molecule has 2 aromatic rings. The predicted octanol–water partition coefficient (Wildman–Crippen LogP) is 6.71. The van der Waals surface area contributed by atoms with Gasteiger partial charge in [-0.2, -0.15) is 31.6 Å². The summed E-state index contributed by atoms with van der Waals surface area (Å²) in [5.74, 6) is -15.4. The van der Waals surface area contributed by atoms with Gasteiger partial charge in [0.1, 0.15) is 0 Å². The number of benzene rings is 1. The van der Waals surface area contributed by atoms with Crippen molar-refractivity contribution in [2.45, 2.75) is 31.6 Å². The van der Waals surface area contributed by atoms with Crippen LogP contribution in [0, 0.1) is 25.2 Å². The third-order valence-corrected chi connectivity index (χ3v) is 5.75. The number of hydrogen-bond donors (Lipinski definition) is 0. The molecule has 1 nitrogen and oxygen atoms in total. The highest BCUT2D eigenvalue weighted by molar-refractivity contribution is 7.13. The van der Waals surface area contributed by atoms with Gasteiger partial charge in [-0.15, -0.1) is 11.3 Å². The van der Waals surface area contributed by atoms with Crippen molar-refractivity contribution in [1.29, 1.82) is 5.26 Å². The Morgan fingerprint density at radius 2 is 1.57 bits per heavy atom. The van der Waals surface area contributed by atoms with Crippen molar-refractivity contribution in [2.24, 2.45) is 0 Å². The van der Waals surface area contributed by atoms with Gasteiger partial charge < -0.3 is 0 Å². The Labute approximate surface area is 161 Å². The van der Waals surface area contributed by atoms with Gasteiger partial charge in [-0.1, -0.05) is 18.2 Å². The van der Waals surface area contributed by atoms with Crippen LogP contribution in [0.2, 0.25) is 0 Å². The largest absolute Gasteiger partial charge is 0.380 e. The maximum atomic E-state index is 14.1. The first-order valence-corrected chi connectivity index (χ1v) is 8.89. The van der Waals surface area contributed by atoms with Crippen molar-refractivity contribution in [3.63, 3.8) is 0 Å². The van der Waals surface area contributed by atoms with Crippen molar-refractivity contribution < 1.29 is 26.3 Å². The molecule has 146 valence electrons. The molecule has 0 aliphatic heterocycles. The van der Waals surface area contributed by atoms with Crippen LogP contribution in [0.1, 0.15) is 32.0 Å². The summed E-state index contributed by atoms with van der Waals surface area (Å²) in [4.78, 5) is 0.739. The number of aryl methyl sites for hydroxylation is 1. The minimum Gasteiger partial charge on any atom is -0.195 e. The number of rotatable bonds is 3. The topological polar surface area (TPSA) is 23.8 Å². The SMILES string of the molecule is Cc1sc(C=Cc2ccc(C#N)cc2)c(C)c1C1=CC(F)(F)C(F)(F)C1(F)F. The van der Waals surface area contributed by atoms with Gasteiger partial charge in [0.05, 0.1) is 11.6 Å². The lowest BCUT2D eigenvalue weighted by Crippen LogP contribution is -2.48. The van der Waals surface area contributed by atoms with Crippen LogP contribution in [-0.4, -0.2) is 17.8 Å². The highest BCUT2D eigenvalue weighted by Crippen LogP contribution is 2.59. The van der Waals surface area contributed by atoms with Crippen molar-refractivity contribution in [1.82, 2.24) is 0 Å². The smallest absolute Gasteiger partial charge is 0.195 e. The Morgan fingerprint density at radius 1 is 0.964 bits per heavy atom. The van der Waals surface area contributed by atoms with Crippen molar-refractivity contribution >= 4 is 29.1 Å². The van der Waals surface area contributed by atoms with Crippen molar-refractivity contribution in [2.75, 3.05) is 0 Å². The van der Waals surface area contributed by atoms with Crippen molar-refractivity contribution in [3.05, 3.63) is 62.3 Å². The first-order valence-electron chi connectivity index (χ1n) is 8.08. The molecule has 0 saturated heterocycles. The summed E-state index contributed by atoms with van der Waals surface area (Å²) in [6.07, 6.45) is 2.94. The minimum atomic E-state index is -5.48. The molecule has 8 heteroatoms. The van der Waals surface area contributed by atoms with Crippen LogP contribution in [0.3, 0.4) is 0 Å². The maximum absolute atomic E-state index is 14.1. The van der Waals surface area contributed by atoms with Crippen LogP contribution in [0.15, 0.2) is 30.3 Å². The van der Waals surface area contributed by atoms with E-state index in [1.807, 2.05) is 6.07 Å². The molecule has 0 fully saturated rings. The van der Waals surface area contributed by atoms with E-state index in [0.717, 1.165) is 16.9 Å². The van der Waals surface area contributed by atoms with E-state index in [1.165, 1.54) is 13.8 Å². The standard InChI is InChI=1S/C20H13F6NS/c1-11-16(8-7-13-3-5-14(10-27)6-4-13)28-12(2)17(11)15-9-18(21,22)20(25,26)19(15,23)24/h3-9H,1-2H3. The highest BCUT2D eigenvalue weighted by atomic mass is 32.1. The summed E-state index contributed by atoms with van der Waals surface area (Å²) < 4.78 is 82.4. The zero-order valence-corrected chi connectivity index (χ0v) is 15.5. The fourth-order valence-corrected chi connectivity index (χ4v) is 4.13. The summed E-state index contributed by atoms with van der Waals surface area (Å²) in [6, 6.07) is 8.55. The number of nitrogens with zero attached hydrogens (tertiary/aromatic N) is 1. The van der Waals surface area contributed by atoms with E-state index in [2.05, 4.69) is 0 Å². The van der Waals surface area contributed by atoms with Gasteiger partial charge in [-0.25, -0.2) is 0 Å². The number of halogens is 6. The summed E-state index contributed by atoms with van der Waals surface area (Å²) in [7, 11) is 0. The Morgan fingerprint density at radius 3 is 2.07 bits per heavy atom. The normalized spacial score (nSPS) is 19.6. The van der Waals surface area contributed by atoms with E-state index >= 15 is 0 Å². The molecule has 0 atom stereocenters. The molecular formula is C20H13F6NS. The fraction of sp³-hybridized carbons (Fsp3) is 0.250. The molecule has 0 amide bonds. The summed E-state index contributed by atoms with van der Waals surface area (Å²) in [6.45, 7) is 2.86. The Bertz CT molecular complexity index is 1020. The maximum Gasteiger partial charge on any atom is 0.380 e. The van der Waals surface area contributed by atoms with E-state index in [1.54, 1.807) is 36.4 Å². The molecule has 0 saturated carbocycles. The van der Waals surface area contributed by atoms with Crippen LogP contribution in [0.5, 0.6) is 0 Å². The number of alkyl halides is 6. The Balaban J connectivity index is 2.01. The lowest BCUT2D eigenvalue weighted by Gasteiger charge is -2.25. The summed E-state index contributed by atoms with van der Waals surface area (Å²) in [5.41, 5.74) is -0.181. The Hall–Kier alpha value is -2.53.